The molecule has 1 heterocycles. The van der Waals surface area contributed by atoms with E-state index in [4.69, 9.17) is 9.84 Å². The summed E-state index contributed by atoms with van der Waals surface area (Å²) in [5.41, 5.74) is -0.997. The highest BCUT2D eigenvalue weighted by atomic mass is 16.5. The van der Waals surface area contributed by atoms with Crippen molar-refractivity contribution < 1.29 is 19.4 Å². The molecule has 1 saturated heterocycles. The molecular formula is C10H15NO4. The highest BCUT2D eigenvalue weighted by Gasteiger charge is 2.52. The number of carbonyl (C=O) groups excluding carboxylic acids is 1. The van der Waals surface area contributed by atoms with Gasteiger partial charge in [-0.25, -0.2) is 4.79 Å². The summed E-state index contributed by atoms with van der Waals surface area (Å²) in [7, 11) is 0. The third-order valence-corrected chi connectivity index (χ3v) is 3.17. The van der Waals surface area contributed by atoms with Crippen LogP contribution in [0.3, 0.4) is 0 Å². The number of nitrogens with one attached hydrogen (secondary N) is 1. The highest BCUT2D eigenvalue weighted by Crippen LogP contribution is 2.36. The molecule has 0 bridgehead atoms. The molecule has 0 aromatic carbocycles. The Labute approximate surface area is 87.8 Å². The Morgan fingerprint density at radius 1 is 1.47 bits per heavy atom. The Hall–Kier alpha value is -1.10. The zero-order valence-corrected chi connectivity index (χ0v) is 8.66. The third kappa shape index (κ3) is 1.84. The van der Waals surface area contributed by atoms with Crippen molar-refractivity contribution in [1.82, 2.24) is 5.32 Å². The lowest BCUT2D eigenvalue weighted by atomic mass is 10.0. The zero-order valence-electron chi connectivity index (χ0n) is 8.66. The minimum Gasteiger partial charge on any atom is -0.480 e. The molecule has 0 aromatic heterocycles. The molecule has 0 spiro atoms. The third-order valence-electron chi connectivity index (χ3n) is 3.17. The van der Waals surface area contributed by atoms with E-state index in [2.05, 4.69) is 5.32 Å². The standard InChI is InChI=1S/C10H15NO4/c1-6-2-5-15-7(6)8(12)11-10(3-4-10)9(13)14/h6-7H,2-5H2,1H3,(H,11,12)(H,13,14). The lowest BCUT2D eigenvalue weighted by molar-refractivity contribution is -0.145. The zero-order chi connectivity index (χ0) is 11.1. The number of ether oxygens (including phenoxy) is 1. The molecule has 0 radical (unpaired) electrons. The van der Waals surface area contributed by atoms with E-state index in [-0.39, 0.29) is 11.8 Å². The summed E-state index contributed by atoms with van der Waals surface area (Å²) in [6.07, 6.45) is 1.43. The minimum atomic E-state index is -0.997. The van der Waals surface area contributed by atoms with E-state index in [1.165, 1.54) is 0 Å². The average molecular weight is 213 g/mol. The number of aliphatic carboxylic acids is 1. The topological polar surface area (TPSA) is 75.6 Å². The molecule has 1 aliphatic carbocycles. The van der Waals surface area contributed by atoms with Gasteiger partial charge in [0.15, 0.2) is 0 Å². The van der Waals surface area contributed by atoms with Crippen LogP contribution in [0.5, 0.6) is 0 Å². The van der Waals surface area contributed by atoms with E-state index in [1.807, 2.05) is 6.92 Å². The number of hydrogen-bond acceptors (Lipinski definition) is 3. The first kappa shape index (κ1) is 10.4. The molecule has 84 valence electrons. The van der Waals surface area contributed by atoms with E-state index in [9.17, 15) is 9.59 Å². The molecule has 2 rings (SSSR count). The Balaban J connectivity index is 1.95. The van der Waals surface area contributed by atoms with Crippen LogP contribution in [0.4, 0.5) is 0 Å². The maximum Gasteiger partial charge on any atom is 0.329 e. The predicted molar refractivity (Wildman–Crippen MR) is 51.3 cm³/mol. The molecule has 2 unspecified atom stereocenters. The molecule has 5 heteroatoms. The molecule has 2 fully saturated rings. The van der Waals surface area contributed by atoms with Crippen LogP contribution in [-0.2, 0) is 14.3 Å². The number of rotatable bonds is 3. The summed E-state index contributed by atoms with van der Waals surface area (Å²) in [4.78, 5) is 22.6. The van der Waals surface area contributed by atoms with Crippen molar-refractivity contribution in [3.05, 3.63) is 0 Å². The Morgan fingerprint density at radius 3 is 2.53 bits per heavy atom. The summed E-state index contributed by atoms with van der Waals surface area (Å²) in [5, 5.41) is 11.5. The smallest absolute Gasteiger partial charge is 0.329 e. The van der Waals surface area contributed by atoms with Gasteiger partial charge in [0.25, 0.3) is 0 Å². The first-order valence-electron chi connectivity index (χ1n) is 5.22. The second-order valence-corrected chi connectivity index (χ2v) is 4.43. The number of carbonyl (C=O) groups is 2. The van der Waals surface area contributed by atoms with Gasteiger partial charge >= 0.3 is 5.97 Å². The van der Waals surface area contributed by atoms with Gasteiger partial charge in [-0.3, -0.25) is 4.79 Å². The fraction of sp³-hybridized carbons (Fsp3) is 0.800. The highest BCUT2D eigenvalue weighted by molar-refractivity contribution is 5.91. The molecule has 2 atom stereocenters. The molecule has 15 heavy (non-hydrogen) atoms. The summed E-state index contributed by atoms with van der Waals surface area (Å²) in [6, 6.07) is 0. The van der Waals surface area contributed by atoms with E-state index >= 15 is 0 Å². The van der Waals surface area contributed by atoms with Crippen LogP contribution in [0.15, 0.2) is 0 Å². The first-order chi connectivity index (χ1) is 7.05. The molecule has 0 aromatic rings. The fourth-order valence-corrected chi connectivity index (χ4v) is 1.85. The molecule has 1 amide bonds. The van der Waals surface area contributed by atoms with Gasteiger partial charge in [-0.15, -0.1) is 0 Å². The number of hydrogen-bond donors (Lipinski definition) is 2. The van der Waals surface area contributed by atoms with Crippen molar-refractivity contribution >= 4 is 11.9 Å². The second-order valence-electron chi connectivity index (χ2n) is 4.43. The van der Waals surface area contributed by atoms with E-state index in [1.54, 1.807) is 0 Å². The number of amides is 1. The maximum atomic E-state index is 11.7. The largest absolute Gasteiger partial charge is 0.480 e. The van der Waals surface area contributed by atoms with Crippen LogP contribution in [0.1, 0.15) is 26.2 Å². The van der Waals surface area contributed by atoms with E-state index in [0.717, 1.165) is 6.42 Å². The van der Waals surface area contributed by atoms with Gasteiger partial charge in [0.2, 0.25) is 5.91 Å². The summed E-state index contributed by atoms with van der Waals surface area (Å²) >= 11 is 0. The number of carboxylic acids is 1. The Bertz CT molecular complexity index is 298. The summed E-state index contributed by atoms with van der Waals surface area (Å²) < 4.78 is 5.28. The van der Waals surface area contributed by atoms with Crippen molar-refractivity contribution in [3.8, 4) is 0 Å². The van der Waals surface area contributed by atoms with Gasteiger partial charge < -0.3 is 15.2 Å². The SMILES string of the molecule is CC1CCOC1C(=O)NC1(C(=O)O)CC1. The Morgan fingerprint density at radius 2 is 2.13 bits per heavy atom. The van der Waals surface area contributed by atoms with E-state index < -0.39 is 17.6 Å². The van der Waals surface area contributed by atoms with Crippen molar-refractivity contribution in [2.24, 2.45) is 5.92 Å². The molecule has 1 saturated carbocycles. The second kappa shape index (κ2) is 3.48. The first-order valence-corrected chi connectivity index (χ1v) is 5.22. The van der Waals surface area contributed by atoms with Gasteiger partial charge in [-0.1, -0.05) is 6.92 Å². The van der Waals surface area contributed by atoms with Crippen LogP contribution < -0.4 is 5.32 Å². The Kier molecular flexibility index (Phi) is 2.42. The van der Waals surface area contributed by atoms with Gasteiger partial charge in [-0.2, -0.15) is 0 Å². The van der Waals surface area contributed by atoms with Crippen LogP contribution >= 0.6 is 0 Å². The van der Waals surface area contributed by atoms with Crippen molar-refractivity contribution in [2.45, 2.75) is 37.8 Å². The van der Waals surface area contributed by atoms with Gasteiger partial charge in [0.05, 0.1) is 0 Å². The minimum absolute atomic E-state index is 0.176. The van der Waals surface area contributed by atoms with Crippen LogP contribution in [0.25, 0.3) is 0 Å². The quantitative estimate of drug-likeness (QED) is 0.699. The monoisotopic (exact) mass is 213 g/mol. The van der Waals surface area contributed by atoms with E-state index in [0.29, 0.717) is 19.4 Å². The number of carboxylic acid groups (broad SMARTS) is 1. The average Bonchev–Trinajstić information content (AvgIpc) is 2.82. The normalized spacial score (nSPS) is 32.3. The molecule has 1 aliphatic heterocycles. The molecular weight excluding hydrogens is 198 g/mol. The van der Waals surface area contributed by atoms with Crippen molar-refractivity contribution in [3.63, 3.8) is 0 Å². The predicted octanol–water partition coefficient (Wildman–Crippen LogP) is 0.145. The van der Waals surface area contributed by atoms with Gasteiger partial charge in [0.1, 0.15) is 11.6 Å². The van der Waals surface area contributed by atoms with Gasteiger partial charge in [-0.05, 0) is 25.2 Å². The summed E-state index contributed by atoms with van der Waals surface area (Å²) in [6.45, 7) is 2.52. The lowest BCUT2D eigenvalue weighted by Crippen LogP contribution is -2.48. The van der Waals surface area contributed by atoms with Crippen LogP contribution in [-0.4, -0.2) is 35.2 Å². The maximum absolute atomic E-state index is 11.7. The van der Waals surface area contributed by atoms with Gasteiger partial charge in [0, 0.05) is 6.61 Å². The molecule has 2 N–H and O–H groups in total. The van der Waals surface area contributed by atoms with Crippen LogP contribution in [0, 0.1) is 5.92 Å². The van der Waals surface area contributed by atoms with Crippen molar-refractivity contribution in [2.75, 3.05) is 6.61 Å². The fourth-order valence-electron chi connectivity index (χ4n) is 1.85. The molecule has 5 nitrogen and oxygen atoms in total. The summed E-state index contributed by atoms with van der Waals surface area (Å²) in [5.74, 6) is -1.05. The van der Waals surface area contributed by atoms with Crippen LogP contribution in [0.2, 0.25) is 0 Å². The molecule has 2 aliphatic rings. The lowest BCUT2D eigenvalue weighted by Gasteiger charge is -2.18. The van der Waals surface area contributed by atoms with Crippen molar-refractivity contribution in [1.29, 1.82) is 0 Å².